The number of allylic oxidation sites excluding steroid dienone is 1. The van der Waals surface area contributed by atoms with Gasteiger partial charge in [0.15, 0.2) is 0 Å². The smallest absolute Gasteiger partial charge is 0.303 e. The number of carboxylic acids is 1. The van der Waals surface area contributed by atoms with E-state index in [1.54, 1.807) is 0 Å². The number of amides is 1. The Hall–Kier alpha value is -2.14. The highest BCUT2D eigenvalue weighted by molar-refractivity contribution is 5.78. The number of unbranched alkanes of at least 4 members (excludes halogenated alkanes) is 2. The van der Waals surface area contributed by atoms with E-state index in [9.17, 15) is 14.7 Å². The topological polar surface area (TPSA) is 77.8 Å². The first-order valence-corrected chi connectivity index (χ1v) is 11.9. The zero-order chi connectivity index (χ0) is 22.5. The van der Waals surface area contributed by atoms with E-state index >= 15 is 0 Å². The van der Waals surface area contributed by atoms with Gasteiger partial charge in [0.2, 0.25) is 5.91 Å². The van der Waals surface area contributed by atoms with Crippen LogP contribution in [0, 0.1) is 5.92 Å². The molecule has 31 heavy (non-hydrogen) atoms. The van der Waals surface area contributed by atoms with Gasteiger partial charge in [0.05, 0.1) is 6.10 Å². The molecular formula is C26H39NO4. The van der Waals surface area contributed by atoms with Crippen LogP contribution >= 0.6 is 0 Å². The number of hydrogen-bond donors (Lipinski definition) is 2. The predicted molar refractivity (Wildman–Crippen MR) is 124 cm³/mol. The lowest BCUT2D eigenvalue weighted by Gasteiger charge is -2.26. The van der Waals surface area contributed by atoms with E-state index in [0.717, 1.165) is 51.4 Å². The predicted octanol–water partition coefficient (Wildman–Crippen LogP) is 4.98. The van der Waals surface area contributed by atoms with E-state index in [2.05, 4.69) is 31.2 Å². The minimum atomic E-state index is -0.771. The van der Waals surface area contributed by atoms with Crippen LogP contribution < -0.4 is 0 Å². The Kier molecular flexibility index (Phi) is 11.4. The number of carbonyl (C=O) groups is 2. The van der Waals surface area contributed by atoms with Gasteiger partial charge in [-0.25, -0.2) is 0 Å². The molecule has 0 bridgehead atoms. The minimum Gasteiger partial charge on any atom is -0.481 e. The van der Waals surface area contributed by atoms with Crippen molar-refractivity contribution in [2.24, 2.45) is 5.92 Å². The molecule has 1 amide bonds. The molecule has 172 valence electrons. The van der Waals surface area contributed by atoms with Crippen molar-refractivity contribution in [3.63, 3.8) is 0 Å². The van der Waals surface area contributed by atoms with Crippen LogP contribution in [0.25, 0.3) is 0 Å². The molecule has 0 saturated carbocycles. The molecule has 1 saturated heterocycles. The van der Waals surface area contributed by atoms with Gasteiger partial charge in [-0.3, -0.25) is 9.59 Å². The minimum absolute atomic E-state index is 0.179. The van der Waals surface area contributed by atoms with Gasteiger partial charge < -0.3 is 15.1 Å². The van der Waals surface area contributed by atoms with E-state index in [0.29, 0.717) is 19.4 Å². The van der Waals surface area contributed by atoms with Crippen LogP contribution in [0.1, 0.15) is 76.7 Å². The number of benzene rings is 1. The third-order valence-electron chi connectivity index (χ3n) is 6.35. The van der Waals surface area contributed by atoms with E-state index in [-0.39, 0.29) is 30.4 Å². The Labute approximate surface area is 187 Å². The van der Waals surface area contributed by atoms with Crippen LogP contribution in [0.15, 0.2) is 42.5 Å². The van der Waals surface area contributed by atoms with Gasteiger partial charge in [-0.05, 0) is 62.8 Å². The summed E-state index contributed by atoms with van der Waals surface area (Å²) in [7, 11) is 0. The third-order valence-corrected chi connectivity index (χ3v) is 6.35. The molecule has 1 aromatic carbocycles. The molecule has 2 N–H and O–H groups in total. The highest BCUT2D eigenvalue weighted by Crippen LogP contribution is 2.25. The van der Waals surface area contributed by atoms with Crippen molar-refractivity contribution < 1.29 is 19.8 Å². The summed E-state index contributed by atoms with van der Waals surface area (Å²) in [6.07, 6.45) is 12.6. The fourth-order valence-electron chi connectivity index (χ4n) is 4.30. The molecule has 1 unspecified atom stereocenters. The fraction of sp³-hybridized carbons (Fsp3) is 0.615. The van der Waals surface area contributed by atoms with Gasteiger partial charge in [0.1, 0.15) is 0 Å². The molecule has 0 aliphatic carbocycles. The zero-order valence-electron chi connectivity index (χ0n) is 18.9. The summed E-state index contributed by atoms with van der Waals surface area (Å²) in [6, 6.07) is 10.7. The van der Waals surface area contributed by atoms with Gasteiger partial charge in [-0.2, -0.15) is 0 Å². The molecular weight excluding hydrogens is 390 g/mol. The van der Waals surface area contributed by atoms with Crippen LogP contribution in [0.3, 0.4) is 0 Å². The molecule has 1 fully saturated rings. The molecule has 1 aliphatic heterocycles. The van der Waals surface area contributed by atoms with E-state index < -0.39 is 5.97 Å². The lowest BCUT2D eigenvalue weighted by atomic mass is 9.92. The van der Waals surface area contributed by atoms with Crippen molar-refractivity contribution >= 4 is 11.9 Å². The van der Waals surface area contributed by atoms with Crippen molar-refractivity contribution in [3.05, 3.63) is 48.0 Å². The summed E-state index contributed by atoms with van der Waals surface area (Å²) in [5.74, 6) is -0.314. The molecule has 5 nitrogen and oxygen atoms in total. The summed E-state index contributed by atoms with van der Waals surface area (Å²) in [5.41, 5.74) is 1.37. The fourth-order valence-corrected chi connectivity index (χ4v) is 4.30. The molecule has 1 aliphatic rings. The monoisotopic (exact) mass is 429 g/mol. The molecule has 0 aromatic heterocycles. The quantitative estimate of drug-likeness (QED) is 0.304. The summed E-state index contributed by atoms with van der Waals surface area (Å²) in [6.45, 7) is 2.71. The summed E-state index contributed by atoms with van der Waals surface area (Å²) < 4.78 is 0. The number of aryl methyl sites for hydroxylation is 1. The molecule has 0 radical (unpaired) electrons. The van der Waals surface area contributed by atoms with Crippen molar-refractivity contribution in [2.45, 2.75) is 89.7 Å². The van der Waals surface area contributed by atoms with Gasteiger partial charge >= 0.3 is 5.97 Å². The molecule has 5 heteroatoms. The van der Waals surface area contributed by atoms with Crippen LogP contribution in [-0.4, -0.2) is 45.7 Å². The second kappa shape index (κ2) is 14.0. The first-order chi connectivity index (χ1) is 15.0. The van der Waals surface area contributed by atoms with Crippen LogP contribution in [0.5, 0.6) is 0 Å². The Morgan fingerprint density at radius 3 is 2.68 bits per heavy atom. The summed E-state index contributed by atoms with van der Waals surface area (Å²) in [5, 5.41) is 19.3. The average Bonchev–Trinajstić information content (AvgIpc) is 3.11. The highest BCUT2D eigenvalue weighted by atomic mass is 16.4. The largest absolute Gasteiger partial charge is 0.481 e. The number of hydrogen-bond acceptors (Lipinski definition) is 3. The Bertz CT molecular complexity index is 688. The van der Waals surface area contributed by atoms with Gasteiger partial charge in [0.25, 0.3) is 0 Å². The second-order valence-electron chi connectivity index (χ2n) is 8.85. The number of carbonyl (C=O) groups excluding carboxylic acids is 1. The molecule has 1 aromatic rings. The Balaban J connectivity index is 1.64. The third kappa shape index (κ3) is 9.69. The number of nitrogens with zero attached hydrogens (tertiary/aromatic N) is 1. The van der Waals surface area contributed by atoms with E-state index in [1.165, 1.54) is 5.56 Å². The molecule has 2 rings (SSSR count). The lowest BCUT2D eigenvalue weighted by Crippen LogP contribution is -2.34. The first kappa shape index (κ1) is 25.1. The average molecular weight is 430 g/mol. The van der Waals surface area contributed by atoms with Crippen LogP contribution in [-0.2, 0) is 16.0 Å². The van der Waals surface area contributed by atoms with E-state index in [4.69, 9.17) is 5.11 Å². The maximum Gasteiger partial charge on any atom is 0.303 e. The maximum absolute atomic E-state index is 12.2. The number of aliphatic hydroxyl groups excluding tert-OH is 1. The summed E-state index contributed by atoms with van der Waals surface area (Å²) >= 11 is 0. The van der Waals surface area contributed by atoms with Crippen molar-refractivity contribution in [3.8, 4) is 0 Å². The van der Waals surface area contributed by atoms with Crippen molar-refractivity contribution in [2.75, 3.05) is 6.54 Å². The standard InChI is InChI=1S/C26H39NO4/c1-21(11-8-9-14-22-12-5-4-6-13-22)24(28)18-16-23-17-19-25(29)27(23)20-10-3-2-7-15-26(30)31/h3-6,10,12-13,21,23-24,28H,2,7-9,11,14-20H2,1H3,(H,30,31)/t21-,23?,24+/m0/s1. The lowest BCUT2D eigenvalue weighted by molar-refractivity contribution is -0.137. The summed E-state index contributed by atoms with van der Waals surface area (Å²) in [4.78, 5) is 24.7. The van der Waals surface area contributed by atoms with Gasteiger partial charge in [-0.1, -0.05) is 55.8 Å². The van der Waals surface area contributed by atoms with Crippen LogP contribution in [0.2, 0.25) is 0 Å². The first-order valence-electron chi connectivity index (χ1n) is 11.9. The molecule has 0 spiro atoms. The Morgan fingerprint density at radius 2 is 1.94 bits per heavy atom. The zero-order valence-corrected chi connectivity index (χ0v) is 18.9. The number of aliphatic carboxylic acids is 1. The number of carboxylic acid groups (broad SMARTS) is 1. The number of aliphatic hydroxyl groups is 1. The maximum atomic E-state index is 12.2. The van der Waals surface area contributed by atoms with Gasteiger partial charge in [0, 0.05) is 25.4 Å². The highest BCUT2D eigenvalue weighted by Gasteiger charge is 2.30. The van der Waals surface area contributed by atoms with Gasteiger partial charge in [-0.15, -0.1) is 0 Å². The van der Waals surface area contributed by atoms with Crippen molar-refractivity contribution in [1.29, 1.82) is 0 Å². The SMILES string of the molecule is C[C@@H](CCCCc1ccccc1)[C@H](O)CCC1CCC(=O)N1CC=CCCCC(=O)O. The van der Waals surface area contributed by atoms with Crippen LogP contribution in [0.4, 0.5) is 0 Å². The number of rotatable bonds is 15. The Morgan fingerprint density at radius 1 is 1.16 bits per heavy atom. The number of likely N-dealkylation sites (tertiary alicyclic amines) is 1. The molecule has 1 heterocycles. The normalized spacial score (nSPS) is 18.6. The van der Waals surface area contributed by atoms with E-state index in [1.807, 2.05) is 23.1 Å². The molecule has 3 atom stereocenters. The van der Waals surface area contributed by atoms with Crippen molar-refractivity contribution in [1.82, 2.24) is 4.90 Å². The second-order valence-corrected chi connectivity index (χ2v) is 8.85.